The van der Waals surface area contributed by atoms with Crippen molar-refractivity contribution in [1.82, 2.24) is 14.6 Å². The number of sulfonamides is 1. The first-order valence-corrected chi connectivity index (χ1v) is 13.6. The van der Waals surface area contributed by atoms with Crippen molar-refractivity contribution in [3.8, 4) is 0 Å². The van der Waals surface area contributed by atoms with Crippen molar-refractivity contribution >= 4 is 36.7 Å². The summed E-state index contributed by atoms with van der Waals surface area (Å²) in [6, 6.07) is 15.8. The van der Waals surface area contributed by atoms with E-state index in [1.54, 1.807) is 0 Å². The molecule has 1 aliphatic rings. The van der Waals surface area contributed by atoms with E-state index in [1.807, 2.05) is 24.3 Å². The van der Waals surface area contributed by atoms with Crippen LogP contribution in [0.5, 0.6) is 0 Å². The number of hydrogen-bond acceptors (Lipinski definition) is 7. The normalized spacial score (nSPS) is 18.1. The standard InChI is InChI=1S/C23H30N4O3S2/c1-32(29,30)25-15-20(22(28)18-7-8-19-21(14-18)31-23(24)26-19)27-11-9-17(10-12-27)13-16-5-3-2-4-6-16/h2-8,14,17,20,22,25,28H,9-13,15H2,1H3,(H2,24,26). The van der Waals surface area contributed by atoms with Crippen molar-refractivity contribution in [2.75, 3.05) is 31.6 Å². The fourth-order valence-electron chi connectivity index (χ4n) is 4.48. The molecule has 4 N–H and O–H groups in total. The van der Waals surface area contributed by atoms with Crippen molar-refractivity contribution < 1.29 is 13.5 Å². The first-order valence-electron chi connectivity index (χ1n) is 10.8. The topological polar surface area (TPSA) is 109 Å². The highest BCUT2D eigenvalue weighted by Gasteiger charge is 2.31. The van der Waals surface area contributed by atoms with Crippen LogP contribution in [-0.2, 0) is 16.4 Å². The molecule has 4 rings (SSSR count). The maximum absolute atomic E-state index is 11.8. The molecular weight excluding hydrogens is 444 g/mol. The summed E-state index contributed by atoms with van der Waals surface area (Å²) in [6.45, 7) is 1.80. The number of anilines is 1. The summed E-state index contributed by atoms with van der Waals surface area (Å²) in [7, 11) is -3.37. The highest BCUT2D eigenvalue weighted by atomic mass is 32.2. The maximum atomic E-state index is 11.8. The summed E-state index contributed by atoms with van der Waals surface area (Å²) in [6.07, 6.45) is 3.40. The highest BCUT2D eigenvalue weighted by Crippen LogP contribution is 2.31. The van der Waals surface area contributed by atoms with E-state index in [9.17, 15) is 13.5 Å². The van der Waals surface area contributed by atoms with Crippen LogP contribution in [-0.4, -0.2) is 55.3 Å². The van der Waals surface area contributed by atoms with Gasteiger partial charge in [0.2, 0.25) is 10.0 Å². The lowest BCUT2D eigenvalue weighted by Crippen LogP contribution is -2.50. The number of thiazole rings is 1. The second-order valence-corrected chi connectivity index (χ2v) is 11.5. The van der Waals surface area contributed by atoms with Crippen LogP contribution in [0, 0.1) is 5.92 Å². The third kappa shape index (κ3) is 5.85. The van der Waals surface area contributed by atoms with Gasteiger partial charge in [-0.2, -0.15) is 0 Å². The van der Waals surface area contributed by atoms with Crippen LogP contribution in [0.25, 0.3) is 10.2 Å². The van der Waals surface area contributed by atoms with Crippen molar-refractivity contribution in [2.45, 2.75) is 31.4 Å². The molecule has 32 heavy (non-hydrogen) atoms. The first kappa shape index (κ1) is 23.1. The lowest BCUT2D eigenvalue weighted by molar-refractivity contribution is 0.0307. The molecule has 2 heterocycles. The predicted molar refractivity (Wildman–Crippen MR) is 130 cm³/mol. The van der Waals surface area contributed by atoms with E-state index in [-0.39, 0.29) is 12.6 Å². The zero-order valence-electron chi connectivity index (χ0n) is 18.1. The van der Waals surface area contributed by atoms with Gasteiger partial charge in [-0.05, 0) is 61.5 Å². The summed E-state index contributed by atoms with van der Waals surface area (Å²) >= 11 is 1.38. The molecule has 172 valence electrons. The quantitative estimate of drug-likeness (QED) is 0.463. The van der Waals surface area contributed by atoms with E-state index in [4.69, 9.17) is 5.73 Å². The van der Waals surface area contributed by atoms with Gasteiger partial charge in [0.25, 0.3) is 0 Å². The molecular formula is C23H30N4O3S2. The van der Waals surface area contributed by atoms with E-state index in [0.717, 1.165) is 54.4 Å². The van der Waals surface area contributed by atoms with Crippen LogP contribution in [0.3, 0.4) is 0 Å². The van der Waals surface area contributed by atoms with Crippen LogP contribution < -0.4 is 10.5 Å². The molecule has 0 bridgehead atoms. The first-order chi connectivity index (χ1) is 15.3. The number of likely N-dealkylation sites (tertiary alicyclic amines) is 1. The highest BCUT2D eigenvalue weighted by molar-refractivity contribution is 7.88. The monoisotopic (exact) mass is 474 g/mol. The van der Waals surface area contributed by atoms with Gasteiger partial charge in [0.1, 0.15) is 0 Å². The van der Waals surface area contributed by atoms with Crippen LogP contribution in [0.15, 0.2) is 48.5 Å². The lowest BCUT2D eigenvalue weighted by atomic mass is 9.88. The number of benzene rings is 2. The van der Waals surface area contributed by atoms with Crippen LogP contribution in [0.2, 0.25) is 0 Å². The molecule has 0 saturated carbocycles. The second kappa shape index (κ2) is 9.84. The molecule has 1 aliphatic heterocycles. The number of piperidine rings is 1. The van der Waals surface area contributed by atoms with Gasteiger partial charge in [0, 0.05) is 6.54 Å². The average molecular weight is 475 g/mol. The Morgan fingerprint density at radius 1 is 1.22 bits per heavy atom. The van der Waals surface area contributed by atoms with Crippen molar-refractivity contribution in [3.63, 3.8) is 0 Å². The average Bonchev–Trinajstić information content (AvgIpc) is 3.14. The number of nitrogens with two attached hydrogens (primary N) is 1. The van der Waals surface area contributed by atoms with Crippen molar-refractivity contribution in [1.29, 1.82) is 0 Å². The Morgan fingerprint density at radius 2 is 1.94 bits per heavy atom. The number of nitrogen functional groups attached to an aromatic ring is 1. The number of hydrogen-bond donors (Lipinski definition) is 3. The Bertz CT molecular complexity index is 1140. The minimum Gasteiger partial charge on any atom is -0.387 e. The summed E-state index contributed by atoms with van der Waals surface area (Å²) in [4.78, 5) is 6.49. The Kier molecular flexibility index (Phi) is 7.11. The van der Waals surface area contributed by atoms with Gasteiger partial charge >= 0.3 is 0 Å². The molecule has 2 unspecified atom stereocenters. The summed E-state index contributed by atoms with van der Waals surface area (Å²) in [5.74, 6) is 0.589. The van der Waals surface area contributed by atoms with E-state index in [0.29, 0.717) is 11.0 Å². The van der Waals surface area contributed by atoms with Crippen LogP contribution in [0.1, 0.15) is 30.1 Å². The van der Waals surface area contributed by atoms with Gasteiger partial charge in [-0.1, -0.05) is 47.7 Å². The number of rotatable bonds is 8. The molecule has 3 aromatic rings. The molecule has 0 radical (unpaired) electrons. The number of nitrogens with one attached hydrogen (secondary N) is 1. The van der Waals surface area contributed by atoms with Gasteiger partial charge in [0.05, 0.1) is 28.6 Å². The van der Waals surface area contributed by atoms with Gasteiger partial charge in [-0.25, -0.2) is 18.1 Å². The van der Waals surface area contributed by atoms with Gasteiger partial charge in [-0.15, -0.1) is 0 Å². The van der Waals surface area contributed by atoms with Gasteiger partial charge < -0.3 is 10.8 Å². The maximum Gasteiger partial charge on any atom is 0.208 e. The Labute approximate surface area is 193 Å². The fourth-order valence-corrected chi connectivity index (χ4v) is 5.73. The molecule has 0 spiro atoms. The molecule has 0 amide bonds. The largest absolute Gasteiger partial charge is 0.387 e. The lowest BCUT2D eigenvalue weighted by Gasteiger charge is -2.40. The Hall–Kier alpha value is -2.04. The second-order valence-electron chi connectivity index (χ2n) is 8.58. The van der Waals surface area contributed by atoms with Crippen molar-refractivity contribution in [2.24, 2.45) is 5.92 Å². The Morgan fingerprint density at radius 3 is 2.62 bits per heavy atom. The minimum absolute atomic E-state index is 0.159. The number of fused-ring (bicyclic) bond motifs is 1. The fraction of sp³-hybridized carbons (Fsp3) is 0.435. The molecule has 2 atom stereocenters. The number of aromatic nitrogens is 1. The molecule has 0 aliphatic carbocycles. The minimum atomic E-state index is -3.37. The summed E-state index contributed by atoms with van der Waals surface area (Å²) in [5.41, 5.74) is 8.71. The predicted octanol–water partition coefficient (Wildman–Crippen LogP) is 2.78. The molecule has 7 nitrogen and oxygen atoms in total. The summed E-state index contributed by atoms with van der Waals surface area (Å²) < 4.78 is 27.1. The zero-order chi connectivity index (χ0) is 22.7. The van der Waals surface area contributed by atoms with Crippen LogP contribution >= 0.6 is 11.3 Å². The van der Waals surface area contributed by atoms with Gasteiger partial charge in [-0.3, -0.25) is 4.90 Å². The molecule has 1 fully saturated rings. The number of aliphatic hydroxyl groups is 1. The number of aliphatic hydroxyl groups excluding tert-OH is 1. The Balaban J connectivity index is 1.48. The summed E-state index contributed by atoms with van der Waals surface area (Å²) in [5, 5.41) is 11.8. The third-order valence-electron chi connectivity index (χ3n) is 6.18. The molecule has 1 saturated heterocycles. The molecule has 2 aromatic carbocycles. The zero-order valence-corrected chi connectivity index (χ0v) is 19.8. The smallest absolute Gasteiger partial charge is 0.208 e. The molecule has 9 heteroatoms. The van der Waals surface area contributed by atoms with E-state index >= 15 is 0 Å². The SMILES string of the molecule is CS(=O)(=O)NCC(C(O)c1ccc2nc(N)sc2c1)N1CCC(Cc2ccccc2)CC1. The van der Waals surface area contributed by atoms with E-state index in [1.165, 1.54) is 16.9 Å². The van der Waals surface area contributed by atoms with Gasteiger partial charge in [0.15, 0.2) is 5.13 Å². The molecule has 1 aromatic heterocycles. The van der Waals surface area contributed by atoms with Crippen molar-refractivity contribution in [3.05, 3.63) is 59.7 Å². The van der Waals surface area contributed by atoms with E-state index < -0.39 is 16.1 Å². The number of nitrogens with zero attached hydrogens (tertiary/aromatic N) is 2. The van der Waals surface area contributed by atoms with Crippen LogP contribution in [0.4, 0.5) is 5.13 Å². The third-order valence-corrected chi connectivity index (χ3v) is 7.71. The van der Waals surface area contributed by atoms with E-state index in [2.05, 4.69) is 38.9 Å².